The second kappa shape index (κ2) is 8.57. The van der Waals surface area contributed by atoms with Crippen molar-refractivity contribution in [3.05, 3.63) is 47.8 Å². The maximum absolute atomic E-state index is 4.26. The Morgan fingerprint density at radius 1 is 1.18 bits per heavy atom. The van der Waals surface area contributed by atoms with Gasteiger partial charge in [0, 0.05) is 19.4 Å². The summed E-state index contributed by atoms with van der Waals surface area (Å²) in [6.07, 6.45) is 5.93. The Hall–Kier alpha value is -1.57. The molecule has 0 aromatic carbocycles. The van der Waals surface area contributed by atoms with E-state index in [-0.39, 0.29) is 0 Å². The van der Waals surface area contributed by atoms with Gasteiger partial charge in [-0.25, -0.2) is 4.98 Å². The van der Waals surface area contributed by atoms with E-state index >= 15 is 0 Å². The number of aromatic nitrogens is 1. The number of hydrogen-bond acceptors (Lipinski definition) is 2. The van der Waals surface area contributed by atoms with E-state index in [1.807, 2.05) is 50.2 Å². The molecule has 0 amide bonds. The molecule has 0 aliphatic carbocycles. The van der Waals surface area contributed by atoms with Crippen LogP contribution >= 0.6 is 0 Å². The van der Waals surface area contributed by atoms with Crippen molar-refractivity contribution in [1.82, 2.24) is 4.98 Å². The topological polar surface area (TPSA) is 16.1 Å². The van der Waals surface area contributed by atoms with Gasteiger partial charge < -0.3 is 4.90 Å². The zero-order valence-electron chi connectivity index (χ0n) is 11.9. The molecular weight excluding hydrogens is 208 g/mol. The van der Waals surface area contributed by atoms with E-state index in [2.05, 4.69) is 31.8 Å². The first kappa shape index (κ1) is 15.4. The highest BCUT2D eigenvalue weighted by Crippen LogP contribution is 2.09. The van der Waals surface area contributed by atoms with Crippen molar-refractivity contribution in [3.8, 4) is 0 Å². The van der Waals surface area contributed by atoms with Gasteiger partial charge >= 0.3 is 0 Å². The maximum Gasteiger partial charge on any atom is 0.132 e. The SMILES string of the molecule is CC.CC(C)=C(C)/C=C\N(C)c1ccccn1. The quantitative estimate of drug-likeness (QED) is 0.717. The molecule has 0 saturated heterocycles. The molecule has 0 saturated carbocycles. The predicted octanol–water partition coefficient (Wildman–Crippen LogP) is 4.41. The van der Waals surface area contributed by atoms with Crippen molar-refractivity contribution in [3.63, 3.8) is 0 Å². The van der Waals surface area contributed by atoms with Gasteiger partial charge in [-0.3, -0.25) is 0 Å². The zero-order chi connectivity index (χ0) is 13.3. The lowest BCUT2D eigenvalue weighted by molar-refractivity contribution is 1.12. The summed E-state index contributed by atoms with van der Waals surface area (Å²) in [7, 11) is 2.00. The molecule has 0 bridgehead atoms. The molecule has 94 valence electrons. The fourth-order valence-corrected chi connectivity index (χ4v) is 1.03. The monoisotopic (exact) mass is 232 g/mol. The van der Waals surface area contributed by atoms with E-state index in [4.69, 9.17) is 0 Å². The Labute approximate surface area is 106 Å². The highest BCUT2D eigenvalue weighted by molar-refractivity contribution is 5.41. The smallest absolute Gasteiger partial charge is 0.132 e. The Bertz CT molecular complexity index is 360. The minimum Gasteiger partial charge on any atom is -0.336 e. The molecule has 0 spiro atoms. The van der Waals surface area contributed by atoms with E-state index in [0.29, 0.717) is 0 Å². The van der Waals surface area contributed by atoms with Gasteiger partial charge in [0.25, 0.3) is 0 Å². The highest BCUT2D eigenvalue weighted by Gasteiger charge is 1.95. The van der Waals surface area contributed by atoms with Gasteiger partial charge in [-0.1, -0.05) is 31.1 Å². The molecule has 0 N–H and O–H groups in total. The summed E-state index contributed by atoms with van der Waals surface area (Å²) in [5, 5.41) is 0. The zero-order valence-corrected chi connectivity index (χ0v) is 11.9. The first-order valence-corrected chi connectivity index (χ1v) is 6.07. The van der Waals surface area contributed by atoms with Crippen LogP contribution in [0.15, 0.2) is 47.8 Å². The molecule has 1 heterocycles. The molecule has 1 rings (SSSR count). The third kappa shape index (κ3) is 5.91. The van der Waals surface area contributed by atoms with Crippen LogP contribution in [0.2, 0.25) is 0 Å². The molecule has 0 aliphatic rings. The molecule has 2 nitrogen and oxygen atoms in total. The molecular formula is C15H24N2. The Balaban J connectivity index is 0.00000121. The molecule has 0 unspecified atom stereocenters. The van der Waals surface area contributed by atoms with Crippen LogP contribution in [0, 0.1) is 0 Å². The van der Waals surface area contributed by atoms with Crippen LogP contribution in [-0.2, 0) is 0 Å². The van der Waals surface area contributed by atoms with Crippen molar-refractivity contribution in [1.29, 1.82) is 0 Å². The van der Waals surface area contributed by atoms with E-state index in [1.165, 1.54) is 11.1 Å². The number of nitrogens with zero attached hydrogens (tertiary/aromatic N) is 2. The van der Waals surface area contributed by atoms with Gasteiger partial charge in [-0.05, 0) is 39.0 Å². The second-order valence-corrected chi connectivity index (χ2v) is 3.80. The van der Waals surface area contributed by atoms with E-state index in [9.17, 15) is 0 Å². The van der Waals surface area contributed by atoms with Crippen LogP contribution in [0.25, 0.3) is 0 Å². The lowest BCUT2D eigenvalue weighted by atomic mass is 10.2. The fourth-order valence-electron chi connectivity index (χ4n) is 1.03. The molecule has 0 fully saturated rings. The Morgan fingerprint density at radius 2 is 1.82 bits per heavy atom. The van der Waals surface area contributed by atoms with Gasteiger partial charge in [0.15, 0.2) is 0 Å². The summed E-state index contributed by atoms with van der Waals surface area (Å²) in [6.45, 7) is 10.3. The molecule has 1 aromatic heterocycles. The normalized spacial score (nSPS) is 9.53. The lowest BCUT2D eigenvalue weighted by Gasteiger charge is -2.12. The summed E-state index contributed by atoms with van der Waals surface area (Å²) in [6, 6.07) is 5.89. The van der Waals surface area contributed by atoms with Crippen LogP contribution < -0.4 is 4.90 Å². The summed E-state index contributed by atoms with van der Waals surface area (Å²) in [5.41, 5.74) is 2.62. The Kier molecular flexibility index (Phi) is 7.78. The van der Waals surface area contributed by atoms with Gasteiger partial charge in [-0.2, -0.15) is 0 Å². The van der Waals surface area contributed by atoms with Crippen molar-refractivity contribution >= 4 is 5.82 Å². The molecule has 17 heavy (non-hydrogen) atoms. The van der Waals surface area contributed by atoms with Gasteiger partial charge in [0.2, 0.25) is 0 Å². The molecule has 1 aromatic rings. The number of hydrogen-bond donors (Lipinski definition) is 0. The van der Waals surface area contributed by atoms with Crippen LogP contribution in [0.3, 0.4) is 0 Å². The lowest BCUT2D eigenvalue weighted by Crippen LogP contribution is -2.09. The summed E-state index contributed by atoms with van der Waals surface area (Å²) in [5.74, 6) is 0.954. The van der Waals surface area contributed by atoms with E-state index in [1.54, 1.807) is 6.20 Å². The molecule has 2 heteroatoms. The predicted molar refractivity (Wildman–Crippen MR) is 77.2 cm³/mol. The standard InChI is InChI=1S/C13H18N2.C2H6/c1-11(2)12(3)8-10-15(4)13-7-5-6-9-14-13;1-2/h5-10H,1-4H3;1-2H3/b10-8-;. The largest absolute Gasteiger partial charge is 0.336 e. The third-order valence-electron chi connectivity index (χ3n) is 2.35. The summed E-state index contributed by atoms with van der Waals surface area (Å²) in [4.78, 5) is 6.27. The van der Waals surface area contributed by atoms with Gasteiger partial charge in [0.05, 0.1) is 0 Å². The average Bonchev–Trinajstić information content (AvgIpc) is 2.38. The van der Waals surface area contributed by atoms with Crippen LogP contribution in [-0.4, -0.2) is 12.0 Å². The molecule has 0 aliphatic heterocycles. The van der Waals surface area contributed by atoms with E-state index < -0.39 is 0 Å². The van der Waals surface area contributed by atoms with Crippen LogP contribution in [0.5, 0.6) is 0 Å². The average molecular weight is 232 g/mol. The summed E-state index contributed by atoms with van der Waals surface area (Å²) >= 11 is 0. The minimum atomic E-state index is 0.954. The van der Waals surface area contributed by atoms with E-state index in [0.717, 1.165) is 5.82 Å². The van der Waals surface area contributed by atoms with Crippen molar-refractivity contribution in [2.75, 3.05) is 11.9 Å². The number of pyridine rings is 1. The van der Waals surface area contributed by atoms with Gasteiger partial charge in [-0.15, -0.1) is 0 Å². The number of anilines is 1. The maximum atomic E-state index is 4.26. The molecule has 0 atom stereocenters. The van der Waals surface area contributed by atoms with Crippen molar-refractivity contribution in [2.45, 2.75) is 34.6 Å². The number of allylic oxidation sites excluding steroid dienone is 3. The highest BCUT2D eigenvalue weighted by atomic mass is 15.1. The Morgan fingerprint density at radius 3 is 2.29 bits per heavy atom. The third-order valence-corrected chi connectivity index (χ3v) is 2.35. The van der Waals surface area contributed by atoms with Gasteiger partial charge in [0.1, 0.15) is 5.82 Å². The fraction of sp³-hybridized carbons (Fsp3) is 0.400. The summed E-state index contributed by atoms with van der Waals surface area (Å²) < 4.78 is 0. The van der Waals surface area contributed by atoms with Crippen molar-refractivity contribution in [2.24, 2.45) is 0 Å². The first-order chi connectivity index (χ1) is 8.11. The minimum absolute atomic E-state index is 0.954. The first-order valence-electron chi connectivity index (χ1n) is 6.07. The molecule has 0 radical (unpaired) electrons. The van der Waals surface area contributed by atoms with Crippen molar-refractivity contribution < 1.29 is 0 Å². The van der Waals surface area contributed by atoms with Crippen LogP contribution in [0.4, 0.5) is 5.82 Å². The number of rotatable bonds is 3. The second-order valence-electron chi connectivity index (χ2n) is 3.80. The van der Waals surface area contributed by atoms with Crippen LogP contribution in [0.1, 0.15) is 34.6 Å².